The van der Waals surface area contributed by atoms with Gasteiger partial charge in [0, 0.05) is 19.2 Å². The van der Waals surface area contributed by atoms with Crippen molar-refractivity contribution in [3.63, 3.8) is 0 Å². The Hall–Kier alpha value is -2.10. The van der Waals surface area contributed by atoms with Crippen LogP contribution < -0.4 is 0 Å². The van der Waals surface area contributed by atoms with Gasteiger partial charge in [-0.3, -0.25) is 9.89 Å². The first-order valence-electron chi connectivity index (χ1n) is 8.08. The van der Waals surface area contributed by atoms with Gasteiger partial charge < -0.3 is 4.90 Å². The van der Waals surface area contributed by atoms with Crippen molar-refractivity contribution in [2.75, 3.05) is 6.54 Å². The van der Waals surface area contributed by atoms with Crippen LogP contribution in [0.5, 0.6) is 0 Å². The quantitative estimate of drug-likeness (QED) is 0.919. The van der Waals surface area contributed by atoms with Crippen molar-refractivity contribution in [1.29, 1.82) is 0 Å². The minimum absolute atomic E-state index is 0.266. The molecular weight excluding hydrogens is 274 g/mol. The smallest absolute Gasteiger partial charge is 0.223 e. The van der Waals surface area contributed by atoms with Gasteiger partial charge in [0.2, 0.25) is 5.91 Å². The number of amides is 1. The van der Waals surface area contributed by atoms with Crippen molar-refractivity contribution in [2.45, 2.75) is 45.1 Å². The van der Waals surface area contributed by atoms with E-state index in [0.29, 0.717) is 6.42 Å². The molecule has 1 aromatic heterocycles. The summed E-state index contributed by atoms with van der Waals surface area (Å²) in [5.74, 6) is 0.286. The van der Waals surface area contributed by atoms with E-state index in [9.17, 15) is 4.79 Å². The topological polar surface area (TPSA) is 49.0 Å². The predicted octanol–water partition coefficient (Wildman–Crippen LogP) is 3.40. The van der Waals surface area contributed by atoms with Crippen LogP contribution in [-0.4, -0.2) is 27.5 Å². The van der Waals surface area contributed by atoms with E-state index < -0.39 is 0 Å². The highest BCUT2D eigenvalue weighted by Gasteiger charge is 2.30. The fraction of sp³-hybridized carbons (Fsp3) is 0.444. The summed E-state index contributed by atoms with van der Waals surface area (Å²) in [7, 11) is 0. The highest BCUT2D eigenvalue weighted by atomic mass is 16.2. The zero-order valence-corrected chi connectivity index (χ0v) is 13.1. The number of nitrogens with zero attached hydrogens (tertiary/aromatic N) is 2. The third-order valence-electron chi connectivity index (χ3n) is 4.53. The van der Waals surface area contributed by atoms with E-state index in [4.69, 9.17) is 0 Å². The first-order valence-corrected chi connectivity index (χ1v) is 8.08. The zero-order valence-electron chi connectivity index (χ0n) is 13.1. The molecule has 4 heteroatoms. The van der Waals surface area contributed by atoms with Crippen molar-refractivity contribution >= 4 is 5.91 Å². The minimum Gasteiger partial charge on any atom is -0.336 e. The number of carbonyl (C=O) groups is 1. The third kappa shape index (κ3) is 3.21. The Labute approximate surface area is 131 Å². The Morgan fingerprint density at radius 1 is 1.41 bits per heavy atom. The molecule has 0 spiro atoms. The molecule has 116 valence electrons. The van der Waals surface area contributed by atoms with Crippen LogP contribution in [0.15, 0.2) is 36.7 Å². The van der Waals surface area contributed by atoms with Gasteiger partial charge >= 0.3 is 0 Å². The molecule has 1 aliphatic rings. The summed E-state index contributed by atoms with van der Waals surface area (Å²) in [6.45, 7) is 3.03. The number of H-pyrrole nitrogens is 1. The summed E-state index contributed by atoms with van der Waals surface area (Å²) in [4.78, 5) is 14.7. The SMILES string of the molecule is Cc1ccccc1C1CCCN1C(=O)CCCc1cn[nH]c1. The van der Waals surface area contributed by atoms with E-state index in [1.807, 2.05) is 12.4 Å². The van der Waals surface area contributed by atoms with Crippen LogP contribution in [0, 0.1) is 6.92 Å². The van der Waals surface area contributed by atoms with Crippen LogP contribution in [0.25, 0.3) is 0 Å². The predicted molar refractivity (Wildman–Crippen MR) is 86.4 cm³/mol. The lowest BCUT2D eigenvalue weighted by Gasteiger charge is -2.26. The van der Waals surface area contributed by atoms with Gasteiger partial charge in [0.05, 0.1) is 12.2 Å². The standard InChI is InChI=1S/C18H23N3O/c1-14-6-2-3-8-16(14)17-9-5-11-21(17)18(22)10-4-7-15-12-19-20-13-15/h2-3,6,8,12-13,17H,4-5,7,9-11H2,1H3,(H,19,20). The highest BCUT2D eigenvalue weighted by Crippen LogP contribution is 2.34. The van der Waals surface area contributed by atoms with Crippen molar-refractivity contribution in [3.05, 3.63) is 53.3 Å². The van der Waals surface area contributed by atoms with Crippen LogP contribution in [0.2, 0.25) is 0 Å². The maximum Gasteiger partial charge on any atom is 0.223 e. The molecule has 1 fully saturated rings. The van der Waals surface area contributed by atoms with E-state index >= 15 is 0 Å². The molecule has 1 unspecified atom stereocenters. The van der Waals surface area contributed by atoms with Gasteiger partial charge in [0.15, 0.2) is 0 Å². The van der Waals surface area contributed by atoms with Gasteiger partial charge in [0.1, 0.15) is 0 Å². The van der Waals surface area contributed by atoms with Crippen LogP contribution >= 0.6 is 0 Å². The van der Waals surface area contributed by atoms with Crippen molar-refractivity contribution in [1.82, 2.24) is 15.1 Å². The molecule has 1 saturated heterocycles. The largest absolute Gasteiger partial charge is 0.336 e. The number of hydrogen-bond acceptors (Lipinski definition) is 2. The van der Waals surface area contributed by atoms with E-state index in [1.165, 1.54) is 16.7 Å². The number of carbonyl (C=O) groups excluding carboxylic acids is 1. The number of benzene rings is 1. The second-order valence-electron chi connectivity index (χ2n) is 6.06. The van der Waals surface area contributed by atoms with Crippen LogP contribution in [-0.2, 0) is 11.2 Å². The molecule has 1 amide bonds. The number of nitrogens with one attached hydrogen (secondary N) is 1. The fourth-order valence-corrected chi connectivity index (χ4v) is 3.35. The molecular formula is C18H23N3O. The Bertz CT molecular complexity index is 621. The lowest BCUT2D eigenvalue weighted by atomic mass is 9.99. The Morgan fingerprint density at radius 2 is 2.27 bits per heavy atom. The second-order valence-corrected chi connectivity index (χ2v) is 6.06. The molecule has 0 bridgehead atoms. The molecule has 0 radical (unpaired) electrons. The number of aromatic nitrogens is 2. The molecule has 0 aliphatic carbocycles. The molecule has 2 heterocycles. The number of rotatable bonds is 5. The van der Waals surface area contributed by atoms with Gasteiger partial charge in [-0.2, -0.15) is 5.10 Å². The van der Waals surface area contributed by atoms with Gasteiger partial charge in [-0.15, -0.1) is 0 Å². The lowest BCUT2D eigenvalue weighted by molar-refractivity contribution is -0.132. The van der Waals surface area contributed by atoms with Crippen molar-refractivity contribution in [3.8, 4) is 0 Å². The number of aromatic amines is 1. The van der Waals surface area contributed by atoms with Crippen LogP contribution in [0.3, 0.4) is 0 Å². The first-order chi connectivity index (χ1) is 10.8. The number of likely N-dealkylation sites (tertiary alicyclic amines) is 1. The molecule has 2 aromatic rings. The molecule has 1 N–H and O–H groups in total. The first kappa shape index (κ1) is 14.8. The van der Waals surface area contributed by atoms with Crippen molar-refractivity contribution in [2.24, 2.45) is 0 Å². The minimum atomic E-state index is 0.266. The zero-order chi connectivity index (χ0) is 15.4. The third-order valence-corrected chi connectivity index (χ3v) is 4.53. The molecule has 22 heavy (non-hydrogen) atoms. The summed E-state index contributed by atoms with van der Waals surface area (Å²) in [6, 6.07) is 8.70. The van der Waals surface area contributed by atoms with Gasteiger partial charge in [-0.1, -0.05) is 24.3 Å². The lowest BCUT2D eigenvalue weighted by Crippen LogP contribution is -2.30. The van der Waals surface area contributed by atoms with Gasteiger partial charge in [-0.25, -0.2) is 0 Å². The molecule has 4 nitrogen and oxygen atoms in total. The summed E-state index contributed by atoms with van der Waals surface area (Å²) >= 11 is 0. The van der Waals surface area contributed by atoms with E-state index in [1.54, 1.807) is 0 Å². The molecule has 1 aliphatic heterocycles. The monoisotopic (exact) mass is 297 g/mol. The molecule has 0 saturated carbocycles. The molecule has 1 aromatic carbocycles. The second kappa shape index (κ2) is 6.77. The molecule has 1 atom stereocenters. The van der Waals surface area contributed by atoms with Crippen LogP contribution in [0.4, 0.5) is 0 Å². The Kier molecular flexibility index (Phi) is 4.56. The average molecular weight is 297 g/mol. The number of aryl methyl sites for hydroxylation is 2. The van der Waals surface area contributed by atoms with Crippen LogP contribution in [0.1, 0.15) is 48.4 Å². The maximum atomic E-state index is 12.6. The summed E-state index contributed by atoms with van der Waals surface area (Å²) in [5.41, 5.74) is 3.76. The van der Waals surface area contributed by atoms with E-state index in [2.05, 4.69) is 46.3 Å². The summed E-state index contributed by atoms with van der Waals surface area (Å²) in [6.07, 6.45) is 8.33. The maximum absolute atomic E-state index is 12.6. The summed E-state index contributed by atoms with van der Waals surface area (Å²) in [5, 5.41) is 6.75. The average Bonchev–Trinajstić information content (AvgIpc) is 3.18. The van der Waals surface area contributed by atoms with Gasteiger partial charge in [-0.05, 0) is 49.3 Å². The number of hydrogen-bond donors (Lipinski definition) is 1. The van der Waals surface area contributed by atoms with Gasteiger partial charge in [0.25, 0.3) is 0 Å². The summed E-state index contributed by atoms with van der Waals surface area (Å²) < 4.78 is 0. The fourth-order valence-electron chi connectivity index (χ4n) is 3.35. The highest BCUT2D eigenvalue weighted by molar-refractivity contribution is 5.77. The van der Waals surface area contributed by atoms with Crippen molar-refractivity contribution < 1.29 is 4.79 Å². The Morgan fingerprint density at radius 3 is 3.05 bits per heavy atom. The Balaban J connectivity index is 1.60. The van der Waals surface area contributed by atoms with E-state index in [0.717, 1.165) is 32.2 Å². The molecule has 3 rings (SSSR count). The normalized spacial score (nSPS) is 17.9. The van der Waals surface area contributed by atoms with E-state index in [-0.39, 0.29) is 11.9 Å².